The molecule has 1 aromatic carbocycles. The molecule has 0 bridgehead atoms. The van der Waals surface area contributed by atoms with E-state index in [9.17, 15) is 4.79 Å². The lowest BCUT2D eigenvalue weighted by Crippen LogP contribution is -2.47. The molecule has 0 saturated carbocycles. The standard InChI is InChI=1S/C17H22N4O2/c1-17(2,3)11-21-15(8-18-19-21)13-6-4-12(5-7-13)14-9-20(10-14)16(22)23/h4-8,14H,9-11H2,1-3H3,(H,22,23). The van der Waals surface area contributed by atoms with E-state index in [2.05, 4.69) is 55.3 Å². The molecule has 3 rings (SSSR count). The average molecular weight is 314 g/mol. The molecule has 6 heteroatoms. The first-order chi connectivity index (χ1) is 10.8. The number of amides is 1. The Morgan fingerprint density at radius 2 is 1.91 bits per heavy atom. The highest BCUT2D eigenvalue weighted by Gasteiger charge is 2.31. The first-order valence-corrected chi connectivity index (χ1v) is 7.80. The molecule has 0 aliphatic carbocycles. The van der Waals surface area contributed by atoms with Crippen LogP contribution in [0.3, 0.4) is 0 Å². The lowest BCUT2D eigenvalue weighted by Gasteiger charge is -2.37. The highest BCUT2D eigenvalue weighted by molar-refractivity contribution is 5.66. The Labute approximate surface area is 135 Å². The highest BCUT2D eigenvalue weighted by Crippen LogP contribution is 2.29. The van der Waals surface area contributed by atoms with Crippen molar-refractivity contribution in [3.63, 3.8) is 0 Å². The van der Waals surface area contributed by atoms with Crippen LogP contribution < -0.4 is 0 Å². The molecule has 122 valence electrons. The molecule has 1 saturated heterocycles. The zero-order chi connectivity index (χ0) is 16.6. The van der Waals surface area contributed by atoms with Gasteiger partial charge in [-0.2, -0.15) is 0 Å². The van der Waals surface area contributed by atoms with Gasteiger partial charge in [-0.1, -0.05) is 50.3 Å². The molecule has 0 radical (unpaired) electrons. The van der Waals surface area contributed by atoms with Crippen LogP contribution in [0.2, 0.25) is 0 Å². The number of carboxylic acid groups (broad SMARTS) is 1. The molecule has 1 amide bonds. The Balaban J connectivity index is 1.74. The monoisotopic (exact) mass is 314 g/mol. The number of rotatable bonds is 3. The van der Waals surface area contributed by atoms with Crippen LogP contribution in [0.4, 0.5) is 4.79 Å². The van der Waals surface area contributed by atoms with E-state index in [1.165, 1.54) is 10.5 Å². The summed E-state index contributed by atoms with van der Waals surface area (Å²) in [5.41, 5.74) is 3.40. The number of nitrogens with zero attached hydrogens (tertiary/aromatic N) is 4. The molecular weight excluding hydrogens is 292 g/mol. The molecular formula is C17H22N4O2. The van der Waals surface area contributed by atoms with Gasteiger partial charge in [-0.15, -0.1) is 5.10 Å². The van der Waals surface area contributed by atoms with Gasteiger partial charge in [-0.25, -0.2) is 9.48 Å². The lowest BCUT2D eigenvalue weighted by molar-refractivity contribution is 0.105. The normalized spacial score (nSPS) is 15.5. The maximum Gasteiger partial charge on any atom is 0.407 e. The molecule has 0 spiro atoms. The quantitative estimate of drug-likeness (QED) is 0.945. The van der Waals surface area contributed by atoms with Crippen LogP contribution in [0.15, 0.2) is 30.5 Å². The number of benzene rings is 1. The van der Waals surface area contributed by atoms with Crippen LogP contribution in [-0.2, 0) is 6.54 Å². The van der Waals surface area contributed by atoms with Gasteiger partial charge in [0.25, 0.3) is 0 Å². The van der Waals surface area contributed by atoms with Gasteiger partial charge in [0.05, 0.1) is 11.9 Å². The molecule has 2 aromatic rings. The summed E-state index contributed by atoms with van der Waals surface area (Å²) in [4.78, 5) is 12.3. The largest absolute Gasteiger partial charge is 0.465 e. The number of likely N-dealkylation sites (tertiary alicyclic amines) is 1. The van der Waals surface area contributed by atoms with Crippen molar-refractivity contribution in [2.24, 2.45) is 5.41 Å². The van der Waals surface area contributed by atoms with Crippen molar-refractivity contribution < 1.29 is 9.90 Å². The number of aromatic nitrogens is 3. The summed E-state index contributed by atoms with van der Waals surface area (Å²) in [5, 5.41) is 17.1. The zero-order valence-corrected chi connectivity index (χ0v) is 13.7. The van der Waals surface area contributed by atoms with Crippen molar-refractivity contribution in [2.75, 3.05) is 13.1 Å². The van der Waals surface area contributed by atoms with Gasteiger partial charge in [0, 0.05) is 31.1 Å². The molecule has 23 heavy (non-hydrogen) atoms. The van der Waals surface area contributed by atoms with Crippen LogP contribution in [0.1, 0.15) is 32.3 Å². The zero-order valence-electron chi connectivity index (χ0n) is 13.7. The van der Waals surface area contributed by atoms with E-state index in [0.717, 1.165) is 17.8 Å². The average Bonchev–Trinajstić information content (AvgIpc) is 2.83. The fourth-order valence-corrected chi connectivity index (χ4v) is 2.82. The highest BCUT2D eigenvalue weighted by atomic mass is 16.4. The topological polar surface area (TPSA) is 71.2 Å². The van der Waals surface area contributed by atoms with E-state index in [1.807, 2.05) is 4.68 Å². The Bertz CT molecular complexity index is 694. The van der Waals surface area contributed by atoms with Crippen molar-refractivity contribution in [3.05, 3.63) is 36.0 Å². The van der Waals surface area contributed by atoms with Crippen molar-refractivity contribution >= 4 is 6.09 Å². The Hall–Kier alpha value is -2.37. The summed E-state index contributed by atoms with van der Waals surface area (Å²) in [5.74, 6) is 0.303. The lowest BCUT2D eigenvalue weighted by atomic mass is 9.91. The maximum atomic E-state index is 10.8. The SMILES string of the molecule is CC(C)(C)Cn1nncc1-c1ccc(C2CN(C(=O)O)C2)cc1. The van der Waals surface area contributed by atoms with E-state index >= 15 is 0 Å². The summed E-state index contributed by atoms with van der Waals surface area (Å²) < 4.78 is 1.94. The third kappa shape index (κ3) is 3.36. The Kier molecular flexibility index (Phi) is 3.83. The smallest absolute Gasteiger partial charge is 0.407 e. The second kappa shape index (κ2) is 5.68. The van der Waals surface area contributed by atoms with E-state index < -0.39 is 6.09 Å². The van der Waals surface area contributed by atoms with Crippen LogP contribution >= 0.6 is 0 Å². The fraction of sp³-hybridized carbons (Fsp3) is 0.471. The minimum Gasteiger partial charge on any atom is -0.465 e. The number of carbonyl (C=O) groups is 1. The third-order valence-corrected chi connectivity index (χ3v) is 4.07. The fourth-order valence-electron chi connectivity index (χ4n) is 2.82. The Morgan fingerprint density at radius 1 is 1.26 bits per heavy atom. The molecule has 2 heterocycles. The van der Waals surface area contributed by atoms with Crippen LogP contribution in [0.5, 0.6) is 0 Å². The van der Waals surface area contributed by atoms with Crippen molar-refractivity contribution in [1.29, 1.82) is 0 Å². The van der Waals surface area contributed by atoms with Gasteiger partial charge in [0.2, 0.25) is 0 Å². The minimum atomic E-state index is -0.838. The molecule has 1 aliphatic rings. The first kappa shape index (κ1) is 15.5. The first-order valence-electron chi connectivity index (χ1n) is 7.80. The van der Waals surface area contributed by atoms with Crippen LogP contribution in [0, 0.1) is 5.41 Å². The van der Waals surface area contributed by atoms with Crippen LogP contribution in [0.25, 0.3) is 11.3 Å². The maximum absolute atomic E-state index is 10.8. The summed E-state index contributed by atoms with van der Waals surface area (Å²) in [6, 6.07) is 8.29. The summed E-state index contributed by atoms with van der Waals surface area (Å²) in [7, 11) is 0. The molecule has 1 fully saturated rings. The van der Waals surface area contributed by atoms with E-state index in [0.29, 0.717) is 19.0 Å². The van der Waals surface area contributed by atoms with E-state index in [4.69, 9.17) is 5.11 Å². The van der Waals surface area contributed by atoms with Gasteiger partial charge in [0.1, 0.15) is 0 Å². The number of hydrogen-bond donors (Lipinski definition) is 1. The Morgan fingerprint density at radius 3 is 2.48 bits per heavy atom. The predicted molar refractivity (Wildman–Crippen MR) is 87.3 cm³/mol. The summed E-state index contributed by atoms with van der Waals surface area (Å²) in [6.07, 6.45) is 0.950. The molecule has 1 aliphatic heterocycles. The molecule has 0 unspecified atom stereocenters. The van der Waals surface area contributed by atoms with Gasteiger partial charge < -0.3 is 10.0 Å². The second-order valence-corrected chi connectivity index (χ2v) is 7.34. The van der Waals surface area contributed by atoms with Gasteiger partial charge >= 0.3 is 6.09 Å². The van der Waals surface area contributed by atoms with E-state index in [-0.39, 0.29) is 5.41 Å². The minimum absolute atomic E-state index is 0.134. The van der Waals surface area contributed by atoms with E-state index in [1.54, 1.807) is 6.20 Å². The molecule has 0 atom stereocenters. The van der Waals surface area contributed by atoms with Gasteiger partial charge in [-0.05, 0) is 11.0 Å². The molecule has 6 nitrogen and oxygen atoms in total. The summed E-state index contributed by atoms with van der Waals surface area (Å²) in [6.45, 7) is 8.49. The second-order valence-electron chi connectivity index (χ2n) is 7.34. The van der Waals surface area contributed by atoms with Crippen LogP contribution in [-0.4, -0.2) is 44.2 Å². The van der Waals surface area contributed by atoms with Gasteiger partial charge in [0.15, 0.2) is 0 Å². The molecule has 1 N–H and O–H groups in total. The van der Waals surface area contributed by atoms with Crippen molar-refractivity contribution in [1.82, 2.24) is 19.9 Å². The molecule has 1 aromatic heterocycles. The van der Waals surface area contributed by atoms with Crippen molar-refractivity contribution in [2.45, 2.75) is 33.2 Å². The third-order valence-electron chi connectivity index (χ3n) is 4.07. The van der Waals surface area contributed by atoms with Crippen molar-refractivity contribution in [3.8, 4) is 11.3 Å². The predicted octanol–water partition coefficient (Wildman–Crippen LogP) is 3.07. The summed E-state index contributed by atoms with van der Waals surface area (Å²) >= 11 is 0. The number of hydrogen-bond acceptors (Lipinski definition) is 3. The van der Waals surface area contributed by atoms with Gasteiger partial charge in [-0.3, -0.25) is 0 Å².